The van der Waals surface area contributed by atoms with Crippen LogP contribution >= 0.6 is 0 Å². The Hall–Kier alpha value is -1.62. The number of amides is 2. The van der Waals surface area contributed by atoms with E-state index < -0.39 is 0 Å². The highest BCUT2D eigenvalue weighted by Crippen LogP contribution is 2.38. The van der Waals surface area contributed by atoms with Crippen molar-refractivity contribution >= 4 is 6.03 Å². The summed E-state index contributed by atoms with van der Waals surface area (Å²) >= 11 is 0. The van der Waals surface area contributed by atoms with Crippen LogP contribution in [-0.2, 0) is 4.74 Å². The van der Waals surface area contributed by atoms with Crippen molar-refractivity contribution in [3.8, 4) is 0 Å². The van der Waals surface area contributed by atoms with E-state index in [0.717, 1.165) is 37.5 Å². The number of rotatable bonds is 6. The molecular formula is C19H29N3O2. The van der Waals surface area contributed by atoms with Gasteiger partial charge in [-0.25, -0.2) is 4.79 Å². The third-order valence-corrected chi connectivity index (χ3v) is 4.86. The Balaban J connectivity index is 1.54. The molecule has 0 radical (unpaired) electrons. The molecule has 1 aliphatic carbocycles. The monoisotopic (exact) mass is 331 g/mol. The van der Waals surface area contributed by atoms with Crippen LogP contribution in [0.15, 0.2) is 24.4 Å². The van der Waals surface area contributed by atoms with Gasteiger partial charge in [0.1, 0.15) is 0 Å². The zero-order chi connectivity index (χ0) is 16.9. The molecule has 2 heterocycles. The maximum atomic E-state index is 12.5. The lowest BCUT2D eigenvalue weighted by Crippen LogP contribution is -2.47. The zero-order valence-corrected chi connectivity index (χ0v) is 14.7. The molecule has 24 heavy (non-hydrogen) atoms. The predicted octanol–water partition coefficient (Wildman–Crippen LogP) is 3.43. The molecule has 1 aromatic heterocycles. The van der Waals surface area contributed by atoms with E-state index in [1.807, 2.05) is 18.2 Å². The molecule has 1 aromatic rings. The SMILES string of the molecule is CC(C)C[C@H](NC(=O)N[C@@H]1CCO[C@H](C2CC2)C1)c1ccccn1. The Labute approximate surface area is 144 Å². The third kappa shape index (κ3) is 4.94. The van der Waals surface area contributed by atoms with Crippen LogP contribution in [0.1, 0.15) is 57.7 Å². The van der Waals surface area contributed by atoms with Crippen molar-refractivity contribution in [2.24, 2.45) is 11.8 Å². The van der Waals surface area contributed by atoms with E-state index in [4.69, 9.17) is 4.74 Å². The second kappa shape index (κ2) is 7.97. The van der Waals surface area contributed by atoms with E-state index in [2.05, 4.69) is 29.5 Å². The summed E-state index contributed by atoms with van der Waals surface area (Å²) in [7, 11) is 0. The summed E-state index contributed by atoms with van der Waals surface area (Å²) in [5.74, 6) is 1.21. The fraction of sp³-hybridized carbons (Fsp3) is 0.684. The van der Waals surface area contributed by atoms with Gasteiger partial charge in [-0.15, -0.1) is 0 Å². The fourth-order valence-corrected chi connectivity index (χ4v) is 3.45. The smallest absolute Gasteiger partial charge is 0.315 e. The second-order valence-electron chi connectivity index (χ2n) is 7.52. The summed E-state index contributed by atoms with van der Waals surface area (Å²) in [5, 5.41) is 6.27. The van der Waals surface area contributed by atoms with Crippen LogP contribution in [0.3, 0.4) is 0 Å². The molecule has 2 amide bonds. The molecule has 0 unspecified atom stereocenters. The predicted molar refractivity (Wildman–Crippen MR) is 93.6 cm³/mol. The third-order valence-electron chi connectivity index (χ3n) is 4.86. The largest absolute Gasteiger partial charge is 0.378 e. The Morgan fingerprint density at radius 2 is 2.17 bits per heavy atom. The van der Waals surface area contributed by atoms with Crippen LogP contribution in [0.25, 0.3) is 0 Å². The van der Waals surface area contributed by atoms with E-state index in [-0.39, 0.29) is 18.1 Å². The topological polar surface area (TPSA) is 63.2 Å². The summed E-state index contributed by atoms with van der Waals surface area (Å²) in [6.07, 6.45) is 7.39. The summed E-state index contributed by atoms with van der Waals surface area (Å²) in [6, 6.07) is 5.92. The summed E-state index contributed by atoms with van der Waals surface area (Å²) in [5.41, 5.74) is 0.921. The van der Waals surface area contributed by atoms with Gasteiger partial charge in [-0.05, 0) is 56.1 Å². The van der Waals surface area contributed by atoms with Crippen molar-refractivity contribution in [1.29, 1.82) is 0 Å². The van der Waals surface area contributed by atoms with Gasteiger partial charge in [-0.3, -0.25) is 4.98 Å². The Kier molecular flexibility index (Phi) is 5.72. The average Bonchev–Trinajstić information content (AvgIpc) is 3.40. The lowest BCUT2D eigenvalue weighted by atomic mass is 9.99. The van der Waals surface area contributed by atoms with Gasteiger partial charge in [0.15, 0.2) is 0 Å². The first-order chi connectivity index (χ1) is 11.6. The van der Waals surface area contributed by atoms with Crippen molar-refractivity contribution < 1.29 is 9.53 Å². The Morgan fingerprint density at radius 1 is 1.33 bits per heavy atom. The summed E-state index contributed by atoms with van der Waals surface area (Å²) < 4.78 is 5.84. The molecule has 2 N–H and O–H groups in total. The molecule has 2 fully saturated rings. The van der Waals surface area contributed by atoms with Gasteiger partial charge in [0, 0.05) is 18.8 Å². The fourth-order valence-electron chi connectivity index (χ4n) is 3.45. The van der Waals surface area contributed by atoms with Gasteiger partial charge in [0.05, 0.1) is 17.8 Å². The average molecular weight is 331 g/mol. The van der Waals surface area contributed by atoms with Crippen molar-refractivity contribution in [1.82, 2.24) is 15.6 Å². The lowest BCUT2D eigenvalue weighted by Gasteiger charge is -2.31. The van der Waals surface area contributed by atoms with Crippen molar-refractivity contribution in [2.45, 2.75) is 64.1 Å². The maximum Gasteiger partial charge on any atom is 0.315 e. The number of nitrogens with one attached hydrogen (secondary N) is 2. The number of urea groups is 1. The molecule has 1 saturated heterocycles. The highest BCUT2D eigenvalue weighted by Gasteiger charge is 2.36. The Bertz CT molecular complexity index is 531. The molecule has 1 saturated carbocycles. The number of nitrogens with zero attached hydrogens (tertiary/aromatic N) is 1. The quantitative estimate of drug-likeness (QED) is 0.839. The first-order valence-electron chi connectivity index (χ1n) is 9.21. The lowest BCUT2D eigenvalue weighted by molar-refractivity contribution is -0.00919. The number of hydrogen-bond acceptors (Lipinski definition) is 3. The number of carbonyl (C=O) groups excluding carboxylic acids is 1. The molecule has 5 nitrogen and oxygen atoms in total. The summed E-state index contributed by atoms with van der Waals surface area (Å²) in [4.78, 5) is 16.9. The summed E-state index contributed by atoms with van der Waals surface area (Å²) in [6.45, 7) is 5.07. The van der Waals surface area contributed by atoms with Gasteiger partial charge >= 0.3 is 6.03 Å². The minimum Gasteiger partial charge on any atom is -0.378 e. The van der Waals surface area contributed by atoms with E-state index in [9.17, 15) is 4.79 Å². The molecule has 0 aromatic carbocycles. The molecule has 5 heteroatoms. The first kappa shape index (κ1) is 17.2. The highest BCUT2D eigenvalue weighted by molar-refractivity contribution is 5.74. The number of pyridine rings is 1. The van der Waals surface area contributed by atoms with Gasteiger partial charge in [-0.1, -0.05) is 19.9 Å². The van der Waals surface area contributed by atoms with Crippen LogP contribution in [0.4, 0.5) is 4.79 Å². The van der Waals surface area contributed by atoms with Gasteiger partial charge in [-0.2, -0.15) is 0 Å². The standard InChI is InChI=1S/C19H29N3O2/c1-13(2)11-17(16-5-3-4-9-20-16)22-19(23)21-15-8-10-24-18(12-15)14-6-7-14/h3-5,9,13-15,17-18H,6-8,10-12H2,1-2H3,(H2,21,22,23)/t15-,17+,18+/m1/s1. The minimum absolute atomic E-state index is 0.0507. The number of aromatic nitrogens is 1. The maximum absolute atomic E-state index is 12.5. The molecule has 2 aliphatic rings. The van der Waals surface area contributed by atoms with E-state index in [0.29, 0.717) is 12.0 Å². The molecule has 1 aliphatic heterocycles. The number of ether oxygens (including phenoxy) is 1. The Morgan fingerprint density at radius 3 is 2.83 bits per heavy atom. The minimum atomic E-state index is -0.0900. The van der Waals surface area contributed by atoms with Crippen LogP contribution in [0.2, 0.25) is 0 Å². The number of hydrogen-bond donors (Lipinski definition) is 2. The molecule has 132 valence electrons. The van der Waals surface area contributed by atoms with Gasteiger partial charge in [0.25, 0.3) is 0 Å². The van der Waals surface area contributed by atoms with Crippen molar-refractivity contribution in [3.05, 3.63) is 30.1 Å². The van der Waals surface area contributed by atoms with Crippen LogP contribution in [0, 0.1) is 11.8 Å². The second-order valence-corrected chi connectivity index (χ2v) is 7.52. The normalized spacial score (nSPS) is 25.3. The number of carbonyl (C=O) groups is 1. The van der Waals surface area contributed by atoms with Gasteiger partial charge in [0.2, 0.25) is 0 Å². The first-order valence-corrected chi connectivity index (χ1v) is 9.21. The van der Waals surface area contributed by atoms with E-state index in [1.54, 1.807) is 6.20 Å². The van der Waals surface area contributed by atoms with E-state index in [1.165, 1.54) is 12.8 Å². The van der Waals surface area contributed by atoms with Gasteiger partial charge < -0.3 is 15.4 Å². The van der Waals surface area contributed by atoms with Crippen molar-refractivity contribution in [2.75, 3.05) is 6.61 Å². The molecule has 3 atom stereocenters. The van der Waals surface area contributed by atoms with Crippen LogP contribution < -0.4 is 10.6 Å². The zero-order valence-electron chi connectivity index (χ0n) is 14.7. The van der Waals surface area contributed by atoms with Crippen molar-refractivity contribution in [3.63, 3.8) is 0 Å². The molecule has 3 rings (SSSR count). The molecule has 0 spiro atoms. The molecular weight excluding hydrogens is 302 g/mol. The van der Waals surface area contributed by atoms with Crippen LogP contribution in [0.5, 0.6) is 0 Å². The van der Waals surface area contributed by atoms with E-state index >= 15 is 0 Å². The molecule has 0 bridgehead atoms. The highest BCUT2D eigenvalue weighted by atomic mass is 16.5. The van der Waals surface area contributed by atoms with Crippen LogP contribution in [-0.4, -0.2) is 29.8 Å².